The molecule has 0 saturated heterocycles. The molecule has 84 valence electrons. The first-order valence-electron chi connectivity index (χ1n) is 5.58. The second kappa shape index (κ2) is 5.77. The Bertz CT molecular complexity index is 532. The van der Waals surface area contributed by atoms with E-state index in [1.807, 2.05) is 42.5 Å². The molecule has 0 fully saturated rings. The zero-order valence-corrected chi connectivity index (χ0v) is 9.81. The van der Waals surface area contributed by atoms with Crippen LogP contribution >= 0.6 is 0 Å². The number of hydrogen-bond acceptors (Lipinski definition) is 1. The third-order valence-electron chi connectivity index (χ3n) is 2.31. The third-order valence-corrected chi connectivity index (χ3v) is 2.31. The summed E-state index contributed by atoms with van der Waals surface area (Å²) in [4.78, 5) is 0. The van der Waals surface area contributed by atoms with Gasteiger partial charge in [-0.05, 0) is 36.8 Å². The van der Waals surface area contributed by atoms with Crippen molar-refractivity contribution in [3.63, 3.8) is 0 Å². The molecular weight excluding hydrogens is 208 g/mol. The molecule has 1 heteroatoms. The van der Waals surface area contributed by atoms with E-state index in [0.717, 1.165) is 11.3 Å². The van der Waals surface area contributed by atoms with E-state index in [-0.39, 0.29) is 0 Å². The molecule has 0 unspecified atom stereocenters. The number of hydrogen-bond donors (Lipinski definition) is 0. The maximum Gasteiger partial charge on any atom is 0.149 e. The Labute approximate surface area is 102 Å². The summed E-state index contributed by atoms with van der Waals surface area (Å²) in [6.07, 6.45) is 0. The summed E-state index contributed by atoms with van der Waals surface area (Å²) in [7, 11) is 0. The van der Waals surface area contributed by atoms with Crippen LogP contribution in [0.25, 0.3) is 0 Å². The summed E-state index contributed by atoms with van der Waals surface area (Å²) in [6, 6.07) is 17.8. The molecule has 0 bridgehead atoms. The molecule has 2 aromatic rings. The highest BCUT2D eigenvalue weighted by Crippen LogP contribution is 2.07. The second-order valence-corrected chi connectivity index (χ2v) is 3.77. The van der Waals surface area contributed by atoms with Gasteiger partial charge in [-0.3, -0.25) is 0 Å². The van der Waals surface area contributed by atoms with Crippen LogP contribution in [0.1, 0.15) is 11.1 Å². The molecule has 0 saturated carbocycles. The molecule has 0 aromatic heterocycles. The van der Waals surface area contributed by atoms with E-state index in [4.69, 9.17) is 4.74 Å². The lowest BCUT2D eigenvalue weighted by atomic mass is 10.1. The molecule has 0 amide bonds. The molecule has 0 spiro atoms. The van der Waals surface area contributed by atoms with Crippen molar-refractivity contribution in [3.05, 3.63) is 65.7 Å². The Hall–Kier alpha value is -2.20. The molecule has 2 aromatic carbocycles. The van der Waals surface area contributed by atoms with Crippen LogP contribution in [-0.4, -0.2) is 6.61 Å². The van der Waals surface area contributed by atoms with Crippen LogP contribution in [0.2, 0.25) is 0 Å². The van der Waals surface area contributed by atoms with Gasteiger partial charge in [0.2, 0.25) is 0 Å². The van der Waals surface area contributed by atoms with Crippen molar-refractivity contribution >= 4 is 0 Å². The van der Waals surface area contributed by atoms with E-state index in [1.54, 1.807) is 0 Å². The number of aryl methyl sites for hydroxylation is 1. The normalized spacial score (nSPS) is 9.24. The highest BCUT2D eigenvalue weighted by Gasteiger charge is 1.88. The van der Waals surface area contributed by atoms with Gasteiger partial charge >= 0.3 is 0 Å². The smallest absolute Gasteiger partial charge is 0.149 e. The van der Waals surface area contributed by atoms with Crippen molar-refractivity contribution in [1.29, 1.82) is 0 Å². The van der Waals surface area contributed by atoms with E-state index in [9.17, 15) is 0 Å². The van der Waals surface area contributed by atoms with E-state index >= 15 is 0 Å². The number of para-hydroxylation sites is 1. The summed E-state index contributed by atoms with van der Waals surface area (Å²) in [6.45, 7) is 2.48. The third kappa shape index (κ3) is 3.70. The quantitative estimate of drug-likeness (QED) is 0.707. The van der Waals surface area contributed by atoms with Crippen molar-refractivity contribution in [2.45, 2.75) is 6.92 Å². The Morgan fingerprint density at radius 3 is 2.59 bits per heavy atom. The fourth-order valence-electron chi connectivity index (χ4n) is 1.50. The molecule has 0 aliphatic carbocycles. The Morgan fingerprint density at radius 2 is 1.82 bits per heavy atom. The van der Waals surface area contributed by atoms with Gasteiger partial charge in [0, 0.05) is 5.56 Å². The lowest BCUT2D eigenvalue weighted by Crippen LogP contribution is -1.93. The van der Waals surface area contributed by atoms with E-state index in [0.29, 0.717) is 6.61 Å². The van der Waals surface area contributed by atoms with Crippen molar-refractivity contribution in [2.75, 3.05) is 6.61 Å². The van der Waals surface area contributed by atoms with E-state index < -0.39 is 0 Å². The zero-order valence-electron chi connectivity index (χ0n) is 9.81. The number of ether oxygens (including phenoxy) is 1. The molecule has 0 N–H and O–H groups in total. The summed E-state index contributed by atoms with van der Waals surface area (Å²) in [5.74, 6) is 6.94. The molecule has 0 radical (unpaired) electrons. The van der Waals surface area contributed by atoms with Crippen LogP contribution in [0.15, 0.2) is 54.6 Å². The zero-order chi connectivity index (χ0) is 11.9. The van der Waals surface area contributed by atoms with Crippen molar-refractivity contribution in [2.24, 2.45) is 0 Å². The van der Waals surface area contributed by atoms with Crippen LogP contribution in [-0.2, 0) is 0 Å². The first-order valence-corrected chi connectivity index (χ1v) is 5.58. The lowest BCUT2D eigenvalue weighted by molar-refractivity contribution is 0.370. The van der Waals surface area contributed by atoms with E-state index in [1.165, 1.54) is 5.56 Å². The number of benzene rings is 2. The minimum Gasteiger partial charge on any atom is -0.481 e. The highest BCUT2D eigenvalue weighted by atomic mass is 16.5. The van der Waals surface area contributed by atoms with E-state index in [2.05, 4.69) is 30.9 Å². The predicted octanol–water partition coefficient (Wildman–Crippen LogP) is 3.43. The Balaban J connectivity index is 1.91. The van der Waals surface area contributed by atoms with Gasteiger partial charge in [0.1, 0.15) is 12.4 Å². The van der Waals surface area contributed by atoms with Gasteiger partial charge in [0.15, 0.2) is 0 Å². The van der Waals surface area contributed by atoms with Crippen LogP contribution in [0.4, 0.5) is 0 Å². The lowest BCUT2D eigenvalue weighted by Gasteiger charge is -1.99. The van der Waals surface area contributed by atoms with Gasteiger partial charge in [0.05, 0.1) is 0 Å². The average molecular weight is 222 g/mol. The standard InChI is InChI=1S/C16H14O/c1-14-7-5-8-15(13-14)9-6-12-17-16-10-3-2-4-11-16/h2-5,7-8,10-11,13H,12H2,1H3. The van der Waals surface area contributed by atoms with Gasteiger partial charge in [-0.25, -0.2) is 0 Å². The monoisotopic (exact) mass is 222 g/mol. The topological polar surface area (TPSA) is 9.23 Å². The Morgan fingerprint density at radius 1 is 1.00 bits per heavy atom. The summed E-state index contributed by atoms with van der Waals surface area (Å²) >= 11 is 0. The molecule has 1 nitrogen and oxygen atoms in total. The minimum absolute atomic E-state index is 0.415. The van der Waals surface area contributed by atoms with Crippen LogP contribution in [0.5, 0.6) is 5.75 Å². The molecule has 0 aliphatic heterocycles. The van der Waals surface area contributed by atoms with Crippen LogP contribution in [0.3, 0.4) is 0 Å². The maximum atomic E-state index is 5.48. The van der Waals surface area contributed by atoms with Gasteiger partial charge in [-0.15, -0.1) is 0 Å². The fourth-order valence-corrected chi connectivity index (χ4v) is 1.50. The Kier molecular flexibility index (Phi) is 3.83. The predicted molar refractivity (Wildman–Crippen MR) is 70.0 cm³/mol. The van der Waals surface area contributed by atoms with Crippen molar-refractivity contribution in [1.82, 2.24) is 0 Å². The van der Waals surface area contributed by atoms with Gasteiger partial charge < -0.3 is 4.74 Å². The second-order valence-electron chi connectivity index (χ2n) is 3.77. The average Bonchev–Trinajstić information content (AvgIpc) is 2.36. The van der Waals surface area contributed by atoms with Crippen molar-refractivity contribution in [3.8, 4) is 17.6 Å². The first-order chi connectivity index (χ1) is 8.34. The van der Waals surface area contributed by atoms with Gasteiger partial charge in [0.25, 0.3) is 0 Å². The molecule has 17 heavy (non-hydrogen) atoms. The fraction of sp³-hybridized carbons (Fsp3) is 0.125. The first kappa shape index (κ1) is 11.3. The highest BCUT2D eigenvalue weighted by molar-refractivity contribution is 5.36. The van der Waals surface area contributed by atoms with Crippen LogP contribution in [0, 0.1) is 18.8 Å². The van der Waals surface area contributed by atoms with Gasteiger partial charge in [-0.2, -0.15) is 0 Å². The van der Waals surface area contributed by atoms with Crippen molar-refractivity contribution < 1.29 is 4.74 Å². The van der Waals surface area contributed by atoms with Crippen LogP contribution < -0.4 is 4.74 Å². The summed E-state index contributed by atoms with van der Waals surface area (Å²) in [5.41, 5.74) is 2.25. The molecule has 2 rings (SSSR count). The SMILES string of the molecule is Cc1cccc(C#CCOc2ccccc2)c1. The maximum absolute atomic E-state index is 5.48. The molecule has 0 aliphatic rings. The number of rotatable bonds is 2. The van der Waals surface area contributed by atoms with Gasteiger partial charge in [-0.1, -0.05) is 42.2 Å². The summed E-state index contributed by atoms with van der Waals surface area (Å²) in [5, 5.41) is 0. The largest absolute Gasteiger partial charge is 0.481 e. The minimum atomic E-state index is 0.415. The molecule has 0 atom stereocenters. The molecular formula is C16H14O. The molecule has 0 heterocycles. The summed E-state index contributed by atoms with van der Waals surface area (Å²) < 4.78 is 5.48.